The van der Waals surface area contributed by atoms with Crippen molar-refractivity contribution in [3.8, 4) is 5.75 Å². The summed E-state index contributed by atoms with van der Waals surface area (Å²) < 4.78 is 72.5. The van der Waals surface area contributed by atoms with E-state index in [-0.39, 0.29) is 30.6 Å². The van der Waals surface area contributed by atoms with Gasteiger partial charge in [-0.2, -0.15) is 18.2 Å². The van der Waals surface area contributed by atoms with E-state index in [0.717, 1.165) is 56.5 Å². The van der Waals surface area contributed by atoms with E-state index in [0.29, 0.717) is 41.8 Å². The van der Waals surface area contributed by atoms with E-state index in [4.69, 9.17) is 4.74 Å². The van der Waals surface area contributed by atoms with Gasteiger partial charge < -0.3 is 25.6 Å². The van der Waals surface area contributed by atoms with Crippen LogP contribution >= 0.6 is 0 Å². The number of hydrogen-bond donors (Lipinski definition) is 3. The highest BCUT2D eigenvalue weighted by molar-refractivity contribution is 7.88. The van der Waals surface area contributed by atoms with Crippen LogP contribution in [0.1, 0.15) is 29.5 Å². The maximum absolute atomic E-state index is 13.9. The molecule has 2 fully saturated rings. The third-order valence-electron chi connectivity index (χ3n) is 8.94. The van der Waals surface area contributed by atoms with Crippen LogP contribution < -0.4 is 25.6 Å². The first-order chi connectivity index (χ1) is 22.4. The lowest BCUT2D eigenvalue weighted by atomic mass is 10.0. The van der Waals surface area contributed by atoms with E-state index < -0.39 is 21.8 Å². The molecule has 0 aliphatic carbocycles. The fourth-order valence-electron chi connectivity index (χ4n) is 6.43. The number of fused-ring (bicyclic) bond motifs is 1. The van der Waals surface area contributed by atoms with Gasteiger partial charge in [0.05, 0.1) is 25.5 Å². The number of benzene rings is 2. The largest absolute Gasteiger partial charge is 0.494 e. The van der Waals surface area contributed by atoms with Crippen LogP contribution in [0.15, 0.2) is 42.6 Å². The highest BCUT2D eigenvalue weighted by Gasteiger charge is 2.36. The molecule has 1 amide bonds. The number of ether oxygens (including phenoxy) is 1. The van der Waals surface area contributed by atoms with Crippen molar-refractivity contribution in [3.63, 3.8) is 0 Å². The van der Waals surface area contributed by atoms with Gasteiger partial charge in [0.25, 0.3) is 0 Å². The molecule has 0 atom stereocenters. The quantitative estimate of drug-likeness (QED) is 0.307. The number of alkyl halides is 3. The summed E-state index contributed by atoms with van der Waals surface area (Å²) in [5.74, 6) is -0.117. The van der Waals surface area contributed by atoms with Crippen LogP contribution in [0.2, 0.25) is 0 Å². The SMILES string of the molecule is COc1cc(N2CCN(C3CCN(S(C)(=O)=O)CC3)CC2)ccc1Nc1ncc(C(F)(F)F)c(NCc2cccc3c2CC(=O)N3)n1. The minimum atomic E-state index is -4.69. The molecule has 47 heavy (non-hydrogen) atoms. The Kier molecular flexibility index (Phi) is 9.18. The lowest BCUT2D eigenvalue weighted by Crippen LogP contribution is -2.53. The molecule has 2 aromatic carbocycles. The summed E-state index contributed by atoms with van der Waals surface area (Å²) in [5.41, 5.74) is 2.51. The maximum atomic E-state index is 13.9. The Bertz CT molecular complexity index is 1740. The van der Waals surface area contributed by atoms with Gasteiger partial charge in [-0.25, -0.2) is 17.7 Å². The lowest BCUT2D eigenvalue weighted by molar-refractivity contribution is -0.137. The monoisotopic (exact) mass is 674 g/mol. The number of sulfonamides is 1. The molecule has 0 radical (unpaired) electrons. The summed E-state index contributed by atoms with van der Waals surface area (Å²) >= 11 is 0. The number of nitrogens with zero attached hydrogens (tertiary/aromatic N) is 5. The number of rotatable bonds is 9. The maximum Gasteiger partial charge on any atom is 0.421 e. The molecule has 1 aromatic heterocycles. The van der Waals surface area contributed by atoms with E-state index in [2.05, 4.69) is 35.7 Å². The topological polar surface area (TPSA) is 132 Å². The normalized spacial score (nSPS) is 18.1. The highest BCUT2D eigenvalue weighted by atomic mass is 32.2. The molecule has 0 unspecified atom stereocenters. The molecule has 3 aliphatic rings. The number of methoxy groups -OCH3 is 1. The number of piperazine rings is 1. The number of anilines is 5. The Balaban J connectivity index is 1.12. The number of piperidine rings is 1. The second-order valence-electron chi connectivity index (χ2n) is 11.9. The number of aromatic nitrogens is 2. The van der Waals surface area contributed by atoms with Gasteiger partial charge in [-0.15, -0.1) is 0 Å². The summed E-state index contributed by atoms with van der Waals surface area (Å²) in [6.45, 7) is 4.39. The van der Waals surface area contributed by atoms with Crippen molar-refractivity contribution in [2.45, 2.75) is 38.0 Å². The van der Waals surface area contributed by atoms with Crippen molar-refractivity contribution in [3.05, 3.63) is 59.3 Å². The van der Waals surface area contributed by atoms with Crippen LogP contribution in [0.4, 0.5) is 42.0 Å². The summed E-state index contributed by atoms with van der Waals surface area (Å²) in [5, 5.41) is 8.55. The fraction of sp³-hybridized carbons (Fsp3) is 0.452. The highest BCUT2D eigenvalue weighted by Crippen LogP contribution is 2.37. The second kappa shape index (κ2) is 13.2. The summed E-state index contributed by atoms with van der Waals surface area (Å²) in [6, 6.07) is 11.2. The molecule has 3 aromatic rings. The summed E-state index contributed by atoms with van der Waals surface area (Å²) in [6.07, 6.45) is -0.896. The van der Waals surface area contributed by atoms with Crippen LogP contribution in [0, 0.1) is 0 Å². The van der Waals surface area contributed by atoms with Crippen molar-refractivity contribution >= 4 is 44.8 Å². The number of amides is 1. The number of nitrogens with one attached hydrogen (secondary N) is 3. The van der Waals surface area contributed by atoms with Gasteiger partial charge in [0.2, 0.25) is 21.9 Å². The molecule has 0 saturated carbocycles. The van der Waals surface area contributed by atoms with Gasteiger partial charge in [0.1, 0.15) is 17.1 Å². The molecule has 16 heteroatoms. The van der Waals surface area contributed by atoms with E-state index in [1.807, 2.05) is 12.1 Å². The average Bonchev–Trinajstić information content (AvgIpc) is 3.44. The van der Waals surface area contributed by atoms with Crippen molar-refractivity contribution in [2.75, 3.05) is 73.5 Å². The first kappa shape index (κ1) is 32.8. The Labute approximate surface area is 271 Å². The number of carbonyl (C=O) groups excluding carboxylic acids is 1. The molecule has 2 saturated heterocycles. The smallest absolute Gasteiger partial charge is 0.421 e. The van der Waals surface area contributed by atoms with Crippen LogP contribution in [0.25, 0.3) is 0 Å². The molecule has 3 aliphatic heterocycles. The molecular weight excluding hydrogens is 637 g/mol. The minimum absolute atomic E-state index is 0.0305. The molecule has 0 spiro atoms. The molecule has 4 heterocycles. The lowest BCUT2D eigenvalue weighted by Gasteiger charge is -2.43. The standard InChI is InChI=1S/C31H37F3N8O4S/c1-46-27-16-22(41-14-12-40(13-15-41)21-8-10-42(11-9-21)47(2,44)45)6-7-26(27)38-30-36-19-24(31(32,33)34)29(39-30)35-18-20-4-3-5-25-23(20)17-28(43)37-25/h3-7,16,19,21H,8-15,17-18H2,1-2H3,(H,37,43)(H2,35,36,38,39). The molecular formula is C31H37F3N8O4S. The van der Waals surface area contributed by atoms with Crippen LogP contribution in [0.5, 0.6) is 5.75 Å². The van der Waals surface area contributed by atoms with E-state index in [9.17, 15) is 26.4 Å². The van der Waals surface area contributed by atoms with E-state index >= 15 is 0 Å². The van der Waals surface area contributed by atoms with Gasteiger partial charge >= 0.3 is 6.18 Å². The Morgan fingerprint density at radius 1 is 1.06 bits per heavy atom. The Morgan fingerprint density at radius 3 is 2.49 bits per heavy atom. The summed E-state index contributed by atoms with van der Waals surface area (Å²) in [7, 11) is -1.64. The molecule has 252 valence electrons. The van der Waals surface area contributed by atoms with Crippen molar-refractivity contribution in [1.82, 2.24) is 19.2 Å². The zero-order valence-corrected chi connectivity index (χ0v) is 26.9. The van der Waals surface area contributed by atoms with Crippen molar-refractivity contribution in [1.29, 1.82) is 0 Å². The predicted octanol–water partition coefficient (Wildman–Crippen LogP) is 3.90. The minimum Gasteiger partial charge on any atom is -0.494 e. The zero-order chi connectivity index (χ0) is 33.3. The van der Waals surface area contributed by atoms with Crippen molar-refractivity contribution < 1.29 is 31.1 Å². The average molecular weight is 675 g/mol. The fourth-order valence-corrected chi connectivity index (χ4v) is 7.30. The first-order valence-corrected chi connectivity index (χ1v) is 17.2. The van der Waals surface area contributed by atoms with Crippen LogP contribution in [-0.2, 0) is 34.0 Å². The number of halogens is 3. The number of carbonyl (C=O) groups is 1. The Hall–Kier alpha value is -4.15. The van der Waals surface area contributed by atoms with E-state index in [1.54, 1.807) is 28.6 Å². The number of hydrogen-bond acceptors (Lipinski definition) is 10. The summed E-state index contributed by atoms with van der Waals surface area (Å²) in [4.78, 5) is 24.6. The molecule has 6 rings (SSSR count). The van der Waals surface area contributed by atoms with E-state index in [1.165, 1.54) is 13.4 Å². The van der Waals surface area contributed by atoms with Crippen molar-refractivity contribution in [2.24, 2.45) is 0 Å². The van der Waals surface area contributed by atoms with Gasteiger partial charge in [-0.3, -0.25) is 9.69 Å². The predicted molar refractivity (Wildman–Crippen MR) is 173 cm³/mol. The van der Waals surface area contributed by atoms with Gasteiger partial charge in [-0.05, 0) is 42.2 Å². The van der Waals surface area contributed by atoms with Gasteiger partial charge in [0, 0.05) is 75.5 Å². The van der Waals surface area contributed by atoms with Crippen LogP contribution in [-0.4, -0.2) is 92.2 Å². The zero-order valence-electron chi connectivity index (χ0n) is 26.1. The Morgan fingerprint density at radius 2 is 1.81 bits per heavy atom. The third-order valence-corrected chi connectivity index (χ3v) is 10.2. The second-order valence-corrected chi connectivity index (χ2v) is 13.9. The van der Waals surface area contributed by atoms with Gasteiger partial charge in [-0.1, -0.05) is 12.1 Å². The first-order valence-electron chi connectivity index (χ1n) is 15.4. The molecule has 0 bridgehead atoms. The van der Waals surface area contributed by atoms with Crippen LogP contribution in [0.3, 0.4) is 0 Å². The third kappa shape index (κ3) is 7.39. The molecule has 12 nitrogen and oxygen atoms in total. The van der Waals surface area contributed by atoms with Gasteiger partial charge in [0.15, 0.2) is 0 Å². The molecule has 3 N–H and O–H groups in total.